The molecule has 0 spiro atoms. The Bertz CT molecular complexity index is 403. The van der Waals surface area contributed by atoms with E-state index in [9.17, 15) is 0 Å². The summed E-state index contributed by atoms with van der Waals surface area (Å²) in [5, 5.41) is 4.09. The third-order valence-electron chi connectivity index (χ3n) is 6.79. The maximum Gasteiger partial charge on any atom is 0.0637 e. The summed E-state index contributed by atoms with van der Waals surface area (Å²) in [7, 11) is 0. The minimum atomic E-state index is 0.351. The lowest BCUT2D eigenvalue weighted by molar-refractivity contribution is 0.0325. The highest BCUT2D eigenvalue weighted by molar-refractivity contribution is 5.13. The minimum Gasteiger partial charge on any atom is -0.298 e. The predicted molar refractivity (Wildman–Crippen MR) is 94.7 cm³/mol. The topological polar surface area (TPSA) is 15.3 Å². The maximum atomic E-state index is 4.09. The Morgan fingerprint density at radius 1 is 0.955 bits per heavy atom. The van der Waals surface area contributed by atoms with E-state index < -0.39 is 0 Å². The van der Waals surface area contributed by atoms with Crippen LogP contribution in [0.25, 0.3) is 0 Å². The van der Waals surface area contributed by atoms with E-state index in [0.717, 1.165) is 23.8 Å². The molecule has 128 valence electrons. The van der Waals surface area contributed by atoms with E-state index in [2.05, 4.69) is 58.7 Å². The fourth-order valence-electron chi connectivity index (χ4n) is 6.24. The van der Waals surface area contributed by atoms with Gasteiger partial charge in [-0.05, 0) is 48.0 Å². The standard InChI is InChI=1S/C20H38N2/c1-8-22-17(20(5,6)7)16(19(2,3)4)15-13-11-9-10-12-14(13)21-18(15)22/h13-18,21H,8-12H2,1-7H3. The summed E-state index contributed by atoms with van der Waals surface area (Å²) < 4.78 is 0. The number of nitrogens with zero attached hydrogens (tertiary/aromatic N) is 1. The number of hydrogen-bond acceptors (Lipinski definition) is 2. The van der Waals surface area contributed by atoms with E-state index in [-0.39, 0.29) is 0 Å². The van der Waals surface area contributed by atoms with Crippen LogP contribution in [0.3, 0.4) is 0 Å². The molecule has 2 heteroatoms. The molecular formula is C20H38N2. The predicted octanol–water partition coefficient (Wildman–Crippen LogP) is 4.50. The summed E-state index contributed by atoms with van der Waals surface area (Å²) in [5.41, 5.74) is 0.739. The van der Waals surface area contributed by atoms with Gasteiger partial charge in [-0.2, -0.15) is 0 Å². The molecular weight excluding hydrogens is 268 g/mol. The first-order chi connectivity index (χ1) is 10.2. The van der Waals surface area contributed by atoms with E-state index in [1.54, 1.807) is 0 Å². The smallest absolute Gasteiger partial charge is 0.0637 e. The summed E-state index contributed by atoms with van der Waals surface area (Å²) in [6.07, 6.45) is 6.38. The van der Waals surface area contributed by atoms with Gasteiger partial charge in [-0.25, -0.2) is 0 Å². The van der Waals surface area contributed by atoms with Gasteiger partial charge in [-0.15, -0.1) is 0 Å². The lowest BCUT2D eigenvalue weighted by Crippen LogP contribution is -2.52. The number of rotatable bonds is 1. The Morgan fingerprint density at radius 2 is 1.59 bits per heavy atom. The molecule has 2 nitrogen and oxygen atoms in total. The lowest BCUT2D eigenvalue weighted by atomic mass is 9.61. The normalized spacial score (nSPS) is 43.2. The fraction of sp³-hybridized carbons (Fsp3) is 1.00. The second kappa shape index (κ2) is 5.48. The van der Waals surface area contributed by atoms with Gasteiger partial charge in [0.1, 0.15) is 0 Å². The Hall–Kier alpha value is -0.0800. The number of likely N-dealkylation sites (tertiary alicyclic amines) is 1. The summed E-state index contributed by atoms with van der Waals surface area (Å²) in [6, 6.07) is 1.49. The zero-order chi connectivity index (χ0) is 16.3. The van der Waals surface area contributed by atoms with E-state index in [1.165, 1.54) is 32.2 Å². The van der Waals surface area contributed by atoms with Crippen molar-refractivity contribution in [2.75, 3.05) is 6.54 Å². The van der Waals surface area contributed by atoms with Crippen LogP contribution in [0.5, 0.6) is 0 Å². The van der Waals surface area contributed by atoms with Gasteiger partial charge in [0, 0.05) is 12.1 Å². The van der Waals surface area contributed by atoms with E-state index in [0.29, 0.717) is 23.0 Å². The molecule has 0 aromatic heterocycles. The molecule has 3 aliphatic rings. The van der Waals surface area contributed by atoms with Gasteiger partial charge in [-0.1, -0.05) is 61.3 Å². The monoisotopic (exact) mass is 306 g/mol. The molecule has 2 saturated heterocycles. The molecule has 0 aromatic rings. The molecule has 0 bridgehead atoms. The number of fused-ring (bicyclic) bond motifs is 3. The number of nitrogens with one attached hydrogen (secondary N) is 1. The molecule has 0 amide bonds. The Kier molecular flexibility index (Phi) is 4.18. The average molecular weight is 307 g/mol. The van der Waals surface area contributed by atoms with Crippen molar-refractivity contribution in [3.05, 3.63) is 0 Å². The highest BCUT2D eigenvalue weighted by Gasteiger charge is 2.61. The molecule has 0 aromatic carbocycles. The Balaban J connectivity index is 2.01. The molecule has 1 N–H and O–H groups in total. The summed E-state index contributed by atoms with van der Waals surface area (Å²) >= 11 is 0. The summed E-state index contributed by atoms with van der Waals surface area (Å²) in [6.45, 7) is 18.4. The van der Waals surface area contributed by atoms with Gasteiger partial charge in [0.15, 0.2) is 0 Å². The van der Waals surface area contributed by atoms with E-state index >= 15 is 0 Å². The van der Waals surface area contributed by atoms with Crippen molar-refractivity contribution in [1.29, 1.82) is 0 Å². The first-order valence-corrected chi connectivity index (χ1v) is 9.68. The van der Waals surface area contributed by atoms with Gasteiger partial charge < -0.3 is 0 Å². The van der Waals surface area contributed by atoms with E-state index in [1.807, 2.05) is 0 Å². The molecule has 22 heavy (non-hydrogen) atoms. The zero-order valence-corrected chi connectivity index (χ0v) is 15.9. The second-order valence-corrected chi connectivity index (χ2v) is 10.3. The number of hydrogen-bond donors (Lipinski definition) is 1. The molecule has 6 unspecified atom stereocenters. The van der Waals surface area contributed by atoms with Gasteiger partial charge in [0.25, 0.3) is 0 Å². The van der Waals surface area contributed by atoms with Gasteiger partial charge >= 0.3 is 0 Å². The van der Waals surface area contributed by atoms with Crippen molar-refractivity contribution in [2.24, 2.45) is 28.6 Å². The first kappa shape index (κ1) is 16.8. The van der Waals surface area contributed by atoms with Crippen molar-refractivity contribution in [1.82, 2.24) is 10.2 Å². The van der Waals surface area contributed by atoms with Crippen LogP contribution in [0.1, 0.15) is 74.1 Å². The molecule has 3 fully saturated rings. The Morgan fingerprint density at radius 3 is 2.14 bits per heavy atom. The third-order valence-corrected chi connectivity index (χ3v) is 6.79. The van der Waals surface area contributed by atoms with Crippen LogP contribution in [0.4, 0.5) is 0 Å². The van der Waals surface area contributed by atoms with Gasteiger partial charge in [0.2, 0.25) is 0 Å². The van der Waals surface area contributed by atoms with Crippen LogP contribution in [0.15, 0.2) is 0 Å². The third kappa shape index (κ3) is 2.55. The molecule has 2 aliphatic heterocycles. The molecule has 0 radical (unpaired) electrons. The van der Waals surface area contributed by atoms with Crippen molar-refractivity contribution in [3.63, 3.8) is 0 Å². The lowest BCUT2D eigenvalue weighted by Gasteiger charge is -2.46. The first-order valence-electron chi connectivity index (χ1n) is 9.68. The van der Waals surface area contributed by atoms with Crippen LogP contribution >= 0.6 is 0 Å². The molecule has 6 atom stereocenters. The van der Waals surface area contributed by atoms with Crippen molar-refractivity contribution >= 4 is 0 Å². The summed E-state index contributed by atoms with van der Waals surface area (Å²) in [5.74, 6) is 2.58. The second-order valence-electron chi connectivity index (χ2n) is 10.3. The van der Waals surface area contributed by atoms with E-state index in [4.69, 9.17) is 0 Å². The van der Waals surface area contributed by atoms with Crippen molar-refractivity contribution in [3.8, 4) is 0 Å². The molecule has 1 aliphatic carbocycles. The van der Waals surface area contributed by atoms with Crippen molar-refractivity contribution < 1.29 is 0 Å². The van der Waals surface area contributed by atoms with Crippen molar-refractivity contribution in [2.45, 2.75) is 92.4 Å². The quantitative estimate of drug-likeness (QED) is 0.767. The molecule has 1 saturated carbocycles. The SMILES string of the molecule is CCN1C2NC3CCCCC3C2C(C(C)(C)C)C1C(C)(C)C. The molecule has 2 heterocycles. The van der Waals surface area contributed by atoms with Crippen LogP contribution < -0.4 is 5.32 Å². The zero-order valence-electron chi connectivity index (χ0n) is 15.9. The minimum absolute atomic E-state index is 0.351. The fourth-order valence-corrected chi connectivity index (χ4v) is 6.24. The maximum absolute atomic E-state index is 4.09. The Labute approximate surface area is 138 Å². The summed E-state index contributed by atoms with van der Waals surface area (Å²) in [4.78, 5) is 2.83. The van der Waals surface area contributed by atoms with Crippen LogP contribution in [-0.2, 0) is 0 Å². The van der Waals surface area contributed by atoms with Gasteiger partial charge in [-0.3, -0.25) is 10.2 Å². The van der Waals surface area contributed by atoms with Crippen LogP contribution in [0, 0.1) is 28.6 Å². The van der Waals surface area contributed by atoms with Gasteiger partial charge in [0.05, 0.1) is 6.17 Å². The molecule has 3 rings (SSSR count). The average Bonchev–Trinajstić information content (AvgIpc) is 2.90. The van der Waals surface area contributed by atoms with Crippen LogP contribution in [0.2, 0.25) is 0 Å². The highest BCUT2D eigenvalue weighted by atomic mass is 15.4. The van der Waals surface area contributed by atoms with Crippen LogP contribution in [-0.4, -0.2) is 29.7 Å². The highest BCUT2D eigenvalue weighted by Crippen LogP contribution is 2.57. The largest absolute Gasteiger partial charge is 0.298 e.